The molecule has 1 spiro atoms. The van der Waals surface area contributed by atoms with E-state index in [1.807, 2.05) is 30.3 Å². The highest BCUT2D eigenvalue weighted by molar-refractivity contribution is 6.10. The Bertz CT molecular complexity index is 883. The van der Waals surface area contributed by atoms with Gasteiger partial charge in [-0.05, 0) is 35.8 Å². The van der Waals surface area contributed by atoms with Crippen LogP contribution in [0.2, 0.25) is 0 Å². The molecule has 2 aromatic rings. The van der Waals surface area contributed by atoms with E-state index in [4.69, 9.17) is 10.8 Å². The number of nitrogens with zero attached hydrogens (tertiary/aromatic N) is 2. The van der Waals surface area contributed by atoms with Gasteiger partial charge in [-0.3, -0.25) is 9.79 Å². The molecule has 1 heterocycles. The molecule has 3 aliphatic rings. The molecule has 26 heavy (non-hydrogen) atoms. The van der Waals surface area contributed by atoms with Crippen LogP contribution in [-0.2, 0) is 11.2 Å². The summed E-state index contributed by atoms with van der Waals surface area (Å²) in [5.41, 5.74) is 3.46. The maximum absolute atomic E-state index is 13.4. The molecule has 0 aromatic heterocycles. The second-order valence-electron chi connectivity index (χ2n) is 7.89. The first-order valence-electron chi connectivity index (χ1n) is 9.49. The maximum Gasteiger partial charge on any atom is 0.248 e. The molecule has 2 aliphatic carbocycles. The molecule has 2 aromatic carbocycles. The van der Waals surface area contributed by atoms with Crippen molar-refractivity contribution in [2.24, 2.45) is 22.2 Å². The Morgan fingerprint density at radius 3 is 2.46 bits per heavy atom. The minimum atomic E-state index is -0.141. The number of amides is 1. The van der Waals surface area contributed by atoms with Crippen molar-refractivity contribution in [1.82, 2.24) is 5.01 Å². The number of benzene rings is 2. The number of aliphatic imine (C=N–C) groups is 1. The van der Waals surface area contributed by atoms with Gasteiger partial charge in [0.05, 0.1) is 12.0 Å². The van der Waals surface area contributed by atoms with Crippen LogP contribution in [0.15, 0.2) is 59.6 Å². The van der Waals surface area contributed by atoms with Gasteiger partial charge in [-0.15, -0.1) is 0 Å². The summed E-state index contributed by atoms with van der Waals surface area (Å²) >= 11 is 0. The Hall–Kier alpha value is -2.46. The molecule has 4 nitrogen and oxygen atoms in total. The van der Waals surface area contributed by atoms with Gasteiger partial charge < -0.3 is 0 Å². The third kappa shape index (κ3) is 2.18. The first-order valence-corrected chi connectivity index (χ1v) is 9.49. The van der Waals surface area contributed by atoms with Gasteiger partial charge in [0.25, 0.3) is 0 Å². The van der Waals surface area contributed by atoms with E-state index in [9.17, 15) is 4.79 Å². The molecule has 1 fully saturated rings. The lowest BCUT2D eigenvalue weighted by Gasteiger charge is -2.48. The first-order chi connectivity index (χ1) is 12.7. The highest BCUT2D eigenvalue weighted by Crippen LogP contribution is 2.57. The molecule has 132 valence electrons. The second-order valence-corrected chi connectivity index (χ2v) is 7.89. The van der Waals surface area contributed by atoms with Gasteiger partial charge in [0.1, 0.15) is 0 Å². The van der Waals surface area contributed by atoms with E-state index in [0.29, 0.717) is 5.84 Å². The number of hydrazine groups is 1. The van der Waals surface area contributed by atoms with Crippen molar-refractivity contribution in [1.29, 1.82) is 0 Å². The van der Waals surface area contributed by atoms with E-state index >= 15 is 0 Å². The van der Waals surface area contributed by atoms with Gasteiger partial charge in [-0.25, -0.2) is 10.9 Å². The molecule has 5 rings (SSSR count). The van der Waals surface area contributed by atoms with Gasteiger partial charge in [-0.1, -0.05) is 67.4 Å². The summed E-state index contributed by atoms with van der Waals surface area (Å²) in [6.45, 7) is 0. The van der Waals surface area contributed by atoms with Crippen LogP contribution in [-0.4, -0.2) is 16.8 Å². The van der Waals surface area contributed by atoms with Crippen LogP contribution in [0.1, 0.15) is 48.4 Å². The molecule has 2 N–H and O–H groups in total. The maximum atomic E-state index is 13.4. The summed E-state index contributed by atoms with van der Waals surface area (Å²) in [6, 6.07) is 18.2. The van der Waals surface area contributed by atoms with E-state index in [1.165, 1.54) is 29.0 Å². The molecule has 4 heteroatoms. The number of nitrogens with two attached hydrogens (primary N) is 1. The van der Waals surface area contributed by atoms with Crippen molar-refractivity contribution < 1.29 is 4.79 Å². The summed E-state index contributed by atoms with van der Waals surface area (Å²) in [7, 11) is 0. The molecule has 0 unspecified atom stereocenters. The van der Waals surface area contributed by atoms with Crippen molar-refractivity contribution in [2.45, 2.75) is 38.1 Å². The van der Waals surface area contributed by atoms with Crippen LogP contribution in [0.5, 0.6) is 0 Å². The lowest BCUT2D eigenvalue weighted by Crippen LogP contribution is -2.56. The van der Waals surface area contributed by atoms with E-state index in [1.54, 1.807) is 0 Å². The molecular weight excluding hydrogens is 322 g/mol. The van der Waals surface area contributed by atoms with Gasteiger partial charge in [0.2, 0.25) is 5.91 Å². The van der Waals surface area contributed by atoms with Crippen molar-refractivity contribution in [3.05, 3.63) is 71.3 Å². The molecule has 2 atom stereocenters. The van der Waals surface area contributed by atoms with Crippen LogP contribution in [0.4, 0.5) is 0 Å². The topological polar surface area (TPSA) is 58.7 Å². The zero-order valence-electron chi connectivity index (χ0n) is 14.8. The zero-order valence-corrected chi connectivity index (χ0v) is 14.8. The second kappa shape index (κ2) is 5.78. The zero-order chi connectivity index (χ0) is 17.7. The predicted molar refractivity (Wildman–Crippen MR) is 101 cm³/mol. The molecule has 1 amide bonds. The molecule has 1 aliphatic heterocycles. The monoisotopic (exact) mass is 345 g/mol. The Balaban J connectivity index is 1.71. The third-order valence-corrected chi connectivity index (χ3v) is 6.52. The first kappa shape index (κ1) is 15.8. The fourth-order valence-electron chi connectivity index (χ4n) is 5.34. The largest absolute Gasteiger partial charge is 0.273 e. The van der Waals surface area contributed by atoms with Crippen molar-refractivity contribution in [2.75, 3.05) is 0 Å². The van der Waals surface area contributed by atoms with Crippen molar-refractivity contribution in [3.63, 3.8) is 0 Å². The Morgan fingerprint density at radius 1 is 1.00 bits per heavy atom. The lowest BCUT2D eigenvalue weighted by molar-refractivity contribution is -0.139. The lowest BCUT2D eigenvalue weighted by atomic mass is 9.60. The normalized spacial score (nSPS) is 26.4. The summed E-state index contributed by atoms with van der Waals surface area (Å²) in [6.07, 6.45) is 5.55. The average molecular weight is 345 g/mol. The predicted octanol–water partition coefficient (Wildman–Crippen LogP) is 3.62. The van der Waals surface area contributed by atoms with Crippen LogP contribution < -0.4 is 5.84 Å². The summed E-state index contributed by atoms with van der Waals surface area (Å²) in [4.78, 5) is 18.5. The number of amidine groups is 1. The van der Waals surface area contributed by atoms with Crippen LogP contribution in [0, 0.1) is 11.3 Å². The minimum Gasteiger partial charge on any atom is -0.273 e. The van der Waals surface area contributed by atoms with E-state index < -0.39 is 0 Å². The van der Waals surface area contributed by atoms with Gasteiger partial charge in [-0.2, -0.15) is 0 Å². The Labute approximate surface area is 153 Å². The highest BCUT2D eigenvalue weighted by atomic mass is 16.2. The van der Waals surface area contributed by atoms with Crippen LogP contribution in [0.25, 0.3) is 0 Å². The molecule has 0 bridgehead atoms. The number of hydrogen-bond acceptors (Lipinski definition) is 3. The van der Waals surface area contributed by atoms with Gasteiger partial charge in [0, 0.05) is 5.56 Å². The Kier molecular flexibility index (Phi) is 3.50. The highest BCUT2D eigenvalue weighted by Gasteiger charge is 2.55. The number of hydrogen-bond donors (Lipinski definition) is 1. The van der Waals surface area contributed by atoms with Crippen LogP contribution >= 0.6 is 0 Å². The van der Waals surface area contributed by atoms with Crippen molar-refractivity contribution >= 4 is 11.7 Å². The minimum absolute atomic E-state index is 0.0133. The summed E-state index contributed by atoms with van der Waals surface area (Å²) in [5, 5.41) is 1.31. The van der Waals surface area contributed by atoms with Gasteiger partial charge in [0.15, 0.2) is 5.84 Å². The quantitative estimate of drug-likeness (QED) is 0.634. The smallest absolute Gasteiger partial charge is 0.248 e. The summed E-state index contributed by atoms with van der Waals surface area (Å²) < 4.78 is 0. The average Bonchev–Trinajstić information content (AvgIpc) is 3.13. The molecule has 0 radical (unpaired) electrons. The van der Waals surface area contributed by atoms with Crippen LogP contribution in [0.3, 0.4) is 0 Å². The third-order valence-electron chi connectivity index (χ3n) is 6.52. The Morgan fingerprint density at radius 2 is 1.69 bits per heavy atom. The fourth-order valence-corrected chi connectivity index (χ4v) is 5.34. The van der Waals surface area contributed by atoms with Gasteiger partial charge >= 0.3 is 0 Å². The SMILES string of the molecule is NN1C(=O)[C@@H]2[C@@H](N=C1c1ccccc1)c1ccccc1CC21CCCC1. The number of carbonyl (C=O) groups is 1. The molecule has 0 saturated heterocycles. The van der Waals surface area contributed by atoms with E-state index in [-0.39, 0.29) is 23.3 Å². The number of fused-ring (bicyclic) bond motifs is 4. The van der Waals surface area contributed by atoms with Crippen molar-refractivity contribution in [3.8, 4) is 0 Å². The fraction of sp³-hybridized carbons (Fsp3) is 0.364. The number of rotatable bonds is 1. The molecule has 1 saturated carbocycles. The number of carbonyl (C=O) groups excluding carboxylic acids is 1. The molecular formula is C22H23N3O. The van der Waals surface area contributed by atoms with E-state index in [2.05, 4.69) is 24.3 Å². The standard InChI is InChI=1S/C22H23N3O/c23-25-20(15-8-2-1-3-9-15)24-19-17-11-5-4-10-16(17)14-22(12-6-7-13-22)18(19)21(25)26/h1-5,8-11,18-19H,6-7,12-14,23H2/t18-,19-/m0/s1. The summed E-state index contributed by atoms with van der Waals surface area (Å²) in [5.74, 6) is 6.76. The van der Waals surface area contributed by atoms with E-state index in [0.717, 1.165) is 24.8 Å².